The van der Waals surface area contributed by atoms with Gasteiger partial charge in [0.15, 0.2) is 5.82 Å². The average Bonchev–Trinajstić information content (AvgIpc) is 2.84. The summed E-state index contributed by atoms with van der Waals surface area (Å²) in [4.78, 5) is 0.299. The van der Waals surface area contributed by atoms with E-state index in [1.165, 1.54) is 0 Å². The number of anilines is 1. The van der Waals surface area contributed by atoms with E-state index in [1.807, 2.05) is 19.1 Å². The number of nitrogens with one attached hydrogen (secondary N) is 3. The van der Waals surface area contributed by atoms with Crippen molar-refractivity contribution < 1.29 is 8.42 Å². The van der Waals surface area contributed by atoms with Gasteiger partial charge in [0.25, 0.3) is 10.0 Å². The summed E-state index contributed by atoms with van der Waals surface area (Å²) in [6.07, 6.45) is 0.760. The zero-order valence-corrected chi connectivity index (χ0v) is 12.8. The largest absolute Gasteiger partial charge is 0.311 e. The standard InChI is InChI=1S/C14H18N4O2S/c1-9-3-4-10(2)13(7-9)21(19,20)18-14-11-5-6-15-8-12(11)16-17-14/h3-4,7,15H,5-6,8H2,1-2H3,(H2,16,17,18). The normalized spacial score (nSPS) is 14.8. The molecule has 21 heavy (non-hydrogen) atoms. The van der Waals surface area contributed by atoms with Crippen LogP contribution in [0.3, 0.4) is 0 Å². The Bertz CT molecular complexity index is 780. The van der Waals surface area contributed by atoms with Crippen LogP contribution in [-0.4, -0.2) is 25.2 Å². The third kappa shape index (κ3) is 2.66. The molecule has 0 amide bonds. The molecule has 0 saturated heterocycles. The summed E-state index contributed by atoms with van der Waals surface area (Å²) in [6, 6.07) is 5.39. The number of hydrogen-bond acceptors (Lipinski definition) is 4. The van der Waals surface area contributed by atoms with Crippen molar-refractivity contribution in [2.45, 2.75) is 31.7 Å². The molecule has 0 radical (unpaired) electrons. The first-order valence-corrected chi connectivity index (χ1v) is 8.32. The smallest absolute Gasteiger partial charge is 0.263 e. The molecule has 1 aliphatic heterocycles. The SMILES string of the molecule is Cc1ccc(C)c(S(=O)(=O)Nc2n[nH]c3c2CCNC3)c1. The van der Waals surface area contributed by atoms with Crippen LogP contribution < -0.4 is 10.0 Å². The fourth-order valence-corrected chi connectivity index (χ4v) is 3.87. The molecule has 2 heterocycles. The molecule has 3 N–H and O–H groups in total. The van der Waals surface area contributed by atoms with Crippen LogP contribution in [-0.2, 0) is 23.0 Å². The first-order chi connectivity index (χ1) is 9.97. The second-order valence-electron chi connectivity index (χ2n) is 5.33. The van der Waals surface area contributed by atoms with Gasteiger partial charge in [0.2, 0.25) is 0 Å². The van der Waals surface area contributed by atoms with Crippen LogP contribution in [0.4, 0.5) is 5.82 Å². The Labute approximate surface area is 124 Å². The molecule has 6 nitrogen and oxygen atoms in total. The number of sulfonamides is 1. The number of aromatic nitrogens is 2. The highest BCUT2D eigenvalue weighted by Crippen LogP contribution is 2.24. The molecule has 1 aromatic heterocycles. The molecule has 0 fully saturated rings. The maximum Gasteiger partial charge on any atom is 0.263 e. The lowest BCUT2D eigenvalue weighted by Crippen LogP contribution is -2.24. The van der Waals surface area contributed by atoms with Crippen LogP contribution >= 0.6 is 0 Å². The Hall–Kier alpha value is -1.86. The van der Waals surface area contributed by atoms with Gasteiger partial charge in [-0.15, -0.1) is 0 Å². The zero-order valence-electron chi connectivity index (χ0n) is 12.0. The number of H-pyrrole nitrogens is 1. The summed E-state index contributed by atoms with van der Waals surface area (Å²) >= 11 is 0. The van der Waals surface area contributed by atoms with Gasteiger partial charge in [-0.05, 0) is 44.0 Å². The maximum atomic E-state index is 12.6. The van der Waals surface area contributed by atoms with Gasteiger partial charge in [-0.1, -0.05) is 12.1 Å². The van der Waals surface area contributed by atoms with E-state index in [9.17, 15) is 8.42 Å². The highest BCUT2D eigenvalue weighted by molar-refractivity contribution is 7.92. The Morgan fingerprint density at radius 2 is 2.10 bits per heavy atom. The number of aryl methyl sites for hydroxylation is 2. The Morgan fingerprint density at radius 3 is 2.90 bits per heavy atom. The Balaban J connectivity index is 1.97. The zero-order chi connectivity index (χ0) is 15.0. The number of nitrogens with zero attached hydrogens (tertiary/aromatic N) is 1. The van der Waals surface area contributed by atoms with Crippen LogP contribution in [0.25, 0.3) is 0 Å². The van der Waals surface area contributed by atoms with Crippen molar-refractivity contribution in [2.75, 3.05) is 11.3 Å². The molecular weight excluding hydrogens is 288 g/mol. The van der Waals surface area contributed by atoms with Gasteiger partial charge in [-0.2, -0.15) is 5.10 Å². The third-order valence-electron chi connectivity index (χ3n) is 3.67. The van der Waals surface area contributed by atoms with E-state index in [-0.39, 0.29) is 0 Å². The molecule has 0 saturated carbocycles. The van der Waals surface area contributed by atoms with Crippen molar-refractivity contribution in [3.8, 4) is 0 Å². The first kappa shape index (κ1) is 14.1. The quantitative estimate of drug-likeness (QED) is 0.801. The second kappa shape index (κ2) is 5.16. The van der Waals surface area contributed by atoms with Gasteiger partial charge in [0.05, 0.1) is 10.6 Å². The monoisotopic (exact) mass is 306 g/mol. The van der Waals surface area contributed by atoms with Gasteiger partial charge in [-0.3, -0.25) is 9.82 Å². The van der Waals surface area contributed by atoms with Crippen LogP contribution in [0.2, 0.25) is 0 Å². The fourth-order valence-electron chi connectivity index (χ4n) is 2.51. The third-order valence-corrected chi connectivity index (χ3v) is 5.15. The molecule has 0 spiro atoms. The minimum Gasteiger partial charge on any atom is -0.311 e. The van der Waals surface area contributed by atoms with Crippen molar-refractivity contribution in [3.05, 3.63) is 40.6 Å². The first-order valence-electron chi connectivity index (χ1n) is 6.84. The second-order valence-corrected chi connectivity index (χ2v) is 6.98. The van der Waals surface area contributed by atoms with E-state index in [2.05, 4.69) is 20.2 Å². The van der Waals surface area contributed by atoms with Crippen LogP contribution in [0.1, 0.15) is 22.4 Å². The minimum absolute atomic E-state index is 0.299. The van der Waals surface area contributed by atoms with E-state index < -0.39 is 10.0 Å². The van der Waals surface area contributed by atoms with Gasteiger partial charge >= 0.3 is 0 Å². The predicted molar refractivity (Wildman–Crippen MR) is 80.7 cm³/mol. The average molecular weight is 306 g/mol. The number of fused-ring (bicyclic) bond motifs is 1. The molecule has 0 aliphatic carbocycles. The van der Waals surface area contributed by atoms with E-state index >= 15 is 0 Å². The lowest BCUT2D eigenvalue weighted by Gasteiger charge is -2.14. The Morgan fingerprint density at radius 1 is 1.29 bits per heavy atom. The summed E-state index contributed by atoms with van der Waals surface area (Å²) < 4.78 is 27.8. The van der Waals surface area contributed by atoms with Crippen molar-refractivity contribution in [1.82, 2.24) is 15.5 Å². The van der Waals surface area contributed by atoms with Crippen LogP contribution in [0, 0.1) is 13.8 Å². The number of hydrogen-bond donors (Lipinski definition) is 3. The van der Waals surface area contributed by atoms with E-state index in [0.717, 1.165) is 35.3 Å². The summed E-state index contributed by atoms with van der Waals surface area (Å²) in [5, 5.41) is 10.2. The molecule has 0 atom stereocenters. The summed E-state index contributed by atoms with van der Waals surface area (Å²) in [6.45, 7) is 5.18. The van der Waals surface area contributed by atoms with Crippen molar-refractivity contribution in [3.63, 3.8) is 0 Å². The highest BCUT2D eigenvalue weighted by atomic mass is 32.2. The number of benzene rings is 1. The molecule has 1 aliphatic rings. The van der Waals surface area contributed by atoms with Crippen LogP contribution in [0.5, 0.6) is 0 Å². The van der Waals surface area contributed by atoms with Gasteiger partial charge in [0, 0.05) is 12.1 Å². The summed E-state index contributed by atoms with van der Waals surface area (Å²) in [7, 11) is -3.62. The van der Waals surface area contributed by atoms with Gasteiger partial charge in [0.1, 0.15) is 0 Å². The van der Waals surface area contributed by atoms with E-state index in [0.29, 0.717) is 17.3 Å². The van der Waals surface area contributed by atoms with Crippen LogP contribution in [0.15, 0.2) is 23.1 Å². The lowest BCUT2D eigenvalue weighted by molar-refractivity contribution is 0.600. The fraction of sp³-hybridized carbons (Fsp3) is 0.357. The molecule has 3 rings (SSSR count). The highest BCUT2D eigenvalue weighted by Gasteiger charge is 2.23. The van der Waals surface area contributed by atoms with Gasteiger partial charge in [-0.25, -0.2) is 8.42 Å². The number of rotatable bonds is 3. The van der Waals surface area contributed by atoms with E-state index in [4.69, 9.17) is 0 Å². The molecule has 112 valence electrons. The molecule has 0 unspecified atom stereocenters. The lowest BCUT2D eigenvalue weighted by atomic mass is 10.1. The molecule has 7 heteroatoms. The Kier molecular flexibility index (Phi) is 3.46. The van der Waals surface area contributed by atoms with Gasteiger partial charge < -0.3 is 5.32 Å². The maximum absolute atomic E-state index is 12.6. The minimum atomic E-state index is -3.62. The summed E-state index contributed by atoms with van der Waals surface area (Å²) in [5.41, 5.74) is 3.52. The van der Waals surface area contributed by atoms with Crippen molar-refractivity contribution in [2.24, 2.45) is 0 Å². The molecule has 1 aromatic carbocycles. The number of aromatic amines is 1. The van der Waals surface area contributed by atoms with Crippen molar-refractivity contribution in [1.29, 1.82) is 0 Å². The van der Waals surface area contributed by atoms with E-state index in [1.54, 1.807) is 13.0 Å². The molecular formula is C14H18N4O2S. The summed E-state index contributed by atoms with van der Waals surface area (Å²) in [5.74, 6) is 0.410. The molecule has 0 bridgehead atoms. The van der Waals surface area contributed by atoms with Crippen molar-refractivity contribution >= 4 is 15.8 Å². The molecule has 2 aromatic rings. The topological polar surface area (TPSA) is 86.9 Å². The predicted octanol–water partition coefficient (Wildman–Crippen LogP) is 1.47.